The summed E-state index contributed by atoms with van der Waals surface area (Å²) in [4.78, 5) is 8.85. The van der Waals surface area contributed by atoms with Crippen molar-refractivity contribution in [3.63, 3.8) is 0 Å². The Kier molecular flexibility index (Phi) is 5.66. The number of aromatic nitrogens is 2. The topological polar surface area (TPSA) is 91.5 Å². The van der Waals surface area contributed by atoms with E-state index in [-0.39, 0.29) is 22.6 Å². The number of nitrogens with one attached hydrogen (secondary N) is 1. The summed E-state index contributed by atoms with van der Waals surface area (Å²) in [6, 6.07) is 5.80. The Morgan fingerprint density at radius 1 is 1.14 bits per heavy atom. The average Bonchev–Trinajstić information content (AvgIpc) is 3.55. The van der Waals surface area contributed by atoms with Gasteiger partial charge in [-0.1, -0.05) is 0 Å². The van der Waals surface area contributed by atoms with Crippen molar-refractivity contribution in [2.24, 2.45) is 5.41 Å². The second-order valence-electron chi connectivity index (χ2n) is 9.01. The van der Waals surface area contributed by atoms with E-state index in [1.807, 2.05) is 0 Å². The number of rotatable bonds is 9. The van der Waals surface area contributed by atoms with Crippen molar-refractivity contribution in [2.45, 2.75) is 38.9 Å². The van der Waals surface area contributed by atoms with Crippen molar-refractivity contribution in [3.05, 3.63) is 47.3 Å². The van der Waals surface area contributed by atoms with Crippen molar-refractivity contribution < 1.29 is 31.5 Å². The van der Waals surface area contributed by atoms with Gasteiger partial charge in [0.25, 0.3) is 0 Å². The Labute approximate surface area is 206 Å². The van der Waals surface area contributed by atoms with E-state index in [0.717, 1.165) is 25.0 Å². The van der Waals surface area contributed by atoms with E-state index in [4.69, 9.17) is 24.1 Å². The molecule has 1 fully saturated rings. The summed E-state index contributed by atoms with van der Waals surface area (Å²) >= 11 is 0. The lowest BCUT2D eigenvalue weighted by atomic mass is 10.0. The molecule has 7 nitrogen and oxygen atoms in total. The maximum atomic E-state index is 13.3. The highest BCUT2D eigenvalue weighted by atomic mass is 19.4. The molecule has 0 saturated heterocycles. The molecule has 0 bridgehead atoms. The van der Waals surface area contributed by atoms with Crippen molar-refractivity contribution in [2.75, 3.05) is 38.4 Å². The van der Waals surface area contributed by atoms with Crippen LogP contribution in [0.25, 0.3) is 10.9 Å². The molecule has 0 spiro atoms. The number of nitrogen functional groups attached to an aromatic ring is 1. The number of halogens is 3. The number of aryl methyl sites for hydroxylation is 1. The molecule has 1 heterocycles. The number of methoxy groups -OCH3 is 2. The highest BCUT2D eigenvalue weighted by Crippen LogP contribution is 2.47. The summed E-state index contributed by atoms with van der Waals surface area (Å²) in [5, 5.41) is 3.62. The molecule has 1 aliphatic carbocycles. The standard InChI is InChI=1S/C25H29F3N4O3/c1-14(16-7-17(25(26,27)28)9-18(29)8-16)30-23-19-10-22(35-13-24(5-6-24)12-33-3)21(34-4)11-20(19)31-15(2)32-23/h7-11,14H,5-6,12-13,29H2,1-4H3,(H,30,31,32)/t14-/m1/s1/i4D3. The molecule has 188 valence electrons. The molecule has 35 heavy (non-hydrogen) atoms. The van der Waals surface area contributed by atoms with Crippen LogP contribution < -0.4 is 20.5 Å². The number of nitrogens with two attached hydrogens (primary N) is 1. The molecule has 3 aromatic rings. The number of nitrogens with zero attached hydrogens (tertiary/aromatic N) is 2. The third kappa shape index (κ3) is 5.53. The second kappa shape index (κ2) is 9.41. The molecule has 1 aliphatic rings. The fourth-order valence-electron chi connectivity index (χ4n) is 3.98. The first kappa shape index (κ1) is 21.0. The van der Waals surface area contributed by atoms with E-state index >= 15 is 0 Å². The minimum Gasteiger partial charge on any atom is -0.493 e. The molecule has 1 aromatic heterocycles. The highest BCUT2D eigenvalue weighted by Gasteiger charge is 2.43. The van der Waals surface area contributed by atoms with Gasteiger partial charge < -0.3 is 25.3 Å². The minimum atomic E-state index is -4.55. The predicted octanol–water partition coefficient (Wildman–Crippen LogP) is 5.53. The fourth-order valence-corrected chi connectivity index (χ4v) is 3.98. The van der Waals surface area contributed by atoms with Gasteiger partial charge in [0.2, 0.25) is 0 Å². The number of hydrogen-bond donors (Lipinski definition) is 2. The normalized spacial score (nSPS) is 17.3. The lowest BCUT2D eigenvalue weighted by molar-refractivity contribution is -0.137. The van der Waals surface area contributed by atoms with E-state index in [1.54, 1.807) is 27.0 Å². The number of benzene rings is 2. The van der Waals surface area contributed by atoms with Crippen LogP contribution >= 0.6 is 0 Å². The highest BCUT2D eigenvalue weighted by molar-refractivity contribution is 5.92. The quantitative estimate of drug-likeness (QED) is 0.379. The van der Waals surface area contributed by atoms with Crippen LogP contribution in [0.1, 0.15) is 46.9 Å². The minimum absolute atomic E-state index is 0.00605. The number of ether oxygens (including phenoxy) is 3. The molecule has 0 radical (unpaired) electrons. The van der Waals surface area contributed by atoms with Gasteiger partial charge in [0.15, 0.2) is 11.5 Å². The molecule has 0 amide bonds. The van der Waals surface area contributed by atoms with Gasteiger partial charge in [-0.05, 0) is 56.5 Å². The van der Waals surface area contributed by atoms with Crippen LogP contribution in [0.15, 0.2) is 30.3 Å². The Balaban J connectivity index is 1.72. The monoisotopic (exact) mass is 493 g/mol. The third-order valence-corrected chi connectivity index (χ3v) is 6.08. The molecule has 3 N–H and O–H groups in total. The zero-order valence-corrected chi connectivity index (χ0v) is 19.6. The Morgan fingerprint density at radius 3 is 2.57 bits per heavy atom. The molecule has 1 saturated carbocycles. The van der Waals surface area contributed by atoms with Gasteiger partial charge in [-0.15, -0.1) is 0 Å². The molecular formula is C25H29F3N4O3. The number of fused-ring (bicyclic) bond motifs is 1. The molecule has 2 aromatic carbocycles. The summed E-state index contributed by atoms with van der Waals surface area (Å²) in [6.07, 6.45) is -2.72. The molecule has 4 rings (SSSR count). The summed E-state index contributed by atoms with van der Waals surface area (Å²) in [7, 11) is -1.12. The van der Waals surface area contributed by atoms with Gasteiger partial charge >= 0.3 is 6.18 Å². The first-order chi connectivity index (χ1) is 17.7. The molecular weight excluding hydrogens is 461 g/mol. The van der Waals surface area contributed by atoms with Gasteiger partial charge in [0.05, 0.1) is 41.5 Å². The lowest BCUT2D eigenvalue weighted by Crippen LogP contribution is -2.18. The number of alkyl halides is 3. The second-order valence-corrected chi connectivity index (χ2v) is 9.01. The first-order valence-corrected chi connectivity index (χ1v) is 11.1. The van der Waals surface area contributed by atoms with Crippen LogP contribution in [-0.4, -0.2) is 37.3 Å². The summed E-state index contributed by atoms with van der Waals surface area (Å²) < 4.78 is 79.2. The Bertz CT molecular complexity index is 1330. The maximum absolute atomic E-state index is 13.3. The molecule has 0 aliphatic heterocycles. The van der Waals surface area contributed by atoms with Crippen LogP contribution in [0.5, 0.6) is 11.5 Å². The van der Waals surface area contributed by atoms with Crippen molar-refractivity contribution >= 4 is 22.4 Å². The predicted molar refractivity (Wildman–Crippen MR) is 128 cm³/mol. The van der Waals surface area contributed by atoms with Gasteiger partial charge in [0, 0.05) is 29.7 Å². The van der Waals surface area contributed by atoms with E-state index < -0.39 is 24.8 Å². The van der Waals surface area contributed by atoms with Crippen LogP contribution in [0.4, 0.5) is 24.7 Å². The Hall–Kier alpha value is -3.27. The van der Waals surface area contributed by atoms with Gasteiger partial charge in [-0.2, -0.15) is 13.2 Å². The smallest absolute Gasteiger partial charge is 0.416 e. The zero-order chi connectivity index (χ0) is 27.9. The summed E-state index contributed by atoms with van der Waals surface area (Å²) in [5.74, 6) is 0.872. The number of hydrogen-bond acceptors (Lipinski definition) is 7. The largest absolute Gasteiger partial charge is 0.493 e. The van der Waals surface area contributed by atoms with Crippen molar-refractivity contribution in [1.82, 2.24) is 9.97 Å². The fraction of sp³-hybridized carbons (Fsp3) is 0.440. The van der Waals surface area contributed by atoms with E-state index in [0.29, 0.717) is 41.3 Å². The average molecular weight is 494 g/mol. The zero-order valence-electron chi connectivity index (χ0n) is 22.6. The number of anilines is 2. The SMILES string of the molecule is [2H]C([2H])([2H])Oc1cc2nc(C)nc(N[C@H](C)c3cc(N)cc(C(F)(F)F)c3)c2cc1OCC1(COC)CC1. The van der Waals surface area contributed by atoms with Gasteiger partial charge in [-0.25, -0.2) is 9.97 Å². The van der Waals surface area contributed by atoms with Gasteiger partial charge in [-0.3, -0.25) is 0 Å². The van der Waals surface area contributed by atoms with E-state index in [2.05, 4.69) is 15.3 Å². The van der Waals surface area contributed by atoms with Crippen molar-refractivity contribution in [3.8, 4) is 11.5 Å². The third-order valence-electron chi connectivity index (χ3n) is 6.08. The summed E-state index contributed by atoms with van der Waals surface area (Å²) in [6.45, 7) is 4.12. The Morgan fingerprint density at radius 2 is 1.91 bits per heavy atom. The summed E-state index contributed by atoms with van der Waals surface area (Å²) in [5.41, 5.74) is 5.42. The molecule has 10 heteroatoms. The van der Waals surface area contributed by atoms with Crippen LogP contribution in [0.2, 0.25) is 0 Å². The maximum Gasteiger partial charge on any atom is 0.416 e. The van der Waals surface area contributed by atoms with Crippen LogP contribution in [0, 0.1) is 12.3 Å². The van der Waals surface area contributed by atoms with Crippen LogP contribution in [-0.2, 0) is 10.9 Å². The molecule has 0 unspecified atom stereocenters. The van der Waals surface area contributed by atoms with Crippen LogP contribution in [0.3, 0.4) is 0 Å². The first-order valence-electron chi connectivity index (χ1n) is 12.6. The lowest BCUT2D eigenvalue weighted by Gasteiger charge is -2.20. The van der Waals surface area contributed by atoms with Gasteiger partial charge in [0.1, 0.15) is 11.6 Å². The van der Waals surface area contributed by atoms with E-state index in [9.17, 15) is 13.2 Å². The van der Waals surface area contributed by atoms with Crippen molar-refractivity contribution in [1.29, 1.82) is 0 Å². The molecule has 1 atom stereocenters. The van der Waals surface area contributed by atoms with E-state index in [1.165, 1.54) is 12.1 Å².